The summed E-state index contributed by atoms with van der Waals surface area (Å²) in [7, 11) is 1.76. The summed E-state index contributed by atoms with van der Waals surface area (Å²) in [5.41, 5.74) is 6.57. The Hall–Kier alpha value is -1.55. The van der Waals surface area contributed by atoms with Crippen molar-refractivity contribution in [2.24, 2.45) is 5.73 Å². The fourth-order valence-corrected chi connectivity index (χ4v) is 1.43. The molecule has 0 aliphatic heterocycles. The van der Waals surface area contributed by atoms with Crippen LogP contribution in [0.25, 0.3) is 0 Å². The van der Waals surface area contributed by atoms with Crippen LogP contribution in [0.4, 0.5) is 0 Å². The number of hydrogen-bond donors (Lipinski definition) is 1. The zero-order chi connectivity index (χ0) is 12.7. The normalized spacial score (nSPS) is 10.1. The third-order valence-corrected chi connectivity index (χ3v) is 2.64. The van der Waals surface area contributed by atoms with Gasteiger partial charge in [0.05, 0.1) is 0 Å². The van der Waals surface area contributed by atoms with E-state index in [1.165, 1.54) is 0 Å². The van der Waals surface area contributed by atoms with E-state index in [9.17, 15) is 4.79 Å². The average Bonchev–Trinajstić information content (AvgIpc) is 2.36. The van der Waals surface area contributed by atoms with Gasteiger partial charge in [-0.1, -0.05) is 18.2 Å². The molecule has 0 aromatic heterocycles. The highest BCUT2D eigenvalue weighted by molar-refractivity contribution is 5.77. The van der Waals surface area contributed by atoms with Gasteiger partial charge >= 0.3 is 0 Å². The zero-order valence-corrected chi connectivity index (χ0v) is 10.5. The number of amides is 1. The highest BCUT2D eigenvalue weighted by atomic mass is 16.5. The number of para-hydroxylation sites is 1. The molecule has 94 valence electrons. The molecule has 1 aromatic rings. The minimum absolute atomic E-state index is 0.0185. The van der Waals surface area contributed by atoms with Gasteiger partial charge in [-0.15, -0.1) is 0 Å². The van der Waals surface area contributed by atoms with E-state index in [4.69, 9.17) is 10.5 Å². The van der Waals surface area contributed by atoms with E-state index in [1.54, 1.807) is 11.9 Å². The Bertz CT molecular complexity index is 366. The monoisotopic (exact) mass is 236 g/mol. The molecule has 4 nitrogen and oxygen atoms in total. The molecule has 0 aliphatic rings. The van der Waals surface area contributed by atoms with Crippen LogP contribution in [0, 0.1) is 0 Å². The van der Waals surface area contributed by atoms with Gasteiger partial charge in [-0.2, -0.15) is 0 Å². The summed E-state index contributed by atoms with van der Waals surface area (Å²) in [6.07, 6.45) is 0.758. The van der Waals surface area contributed by atoms with Crippen molar-refractivity contribution in [1.82, 2.24) is 4.90 Å². The maximum atomic E-state index is 11.6. The van der Waals surface area contributed by atoms with Gasteiger partial charge in [0.25, 0.3) is 5.91 Å². The SMILES string of the molecule is CCN(C)C(=O)COc1ccccc1CCN. The van der Waals surface area contributed by atoms with Crippen LogP contribution in [-0.4, -0.2) is 37.6 Å². The Morgan fingerprint density at radius 2 is 2.12 bits per heavy atom. The summed E-state index contributed by atoms with van der Waals surface area (Å²) in [5.74, 6) is 0.728. The van der Waals surface area contributed by atoms with Gasteiger partial charge in [-0.25, -0.2) is 0 Å². The second kappa shape index (κ2) is 6.91. The van der Waals surface area contributed by atoms with Crippen LogP contribution >= 0.6 is 0 Å². The third kappa shape index (κ3) is 4.07. The fourth-order valence-electron chi connectivity index (χ4n) is 1.43. The van der Waals surface area contributed by atoms with E-state index in [2.05, 4.69) is 0 Å². The van der Waals surface area contributed by atoms with Gasteiger partial charge in [-0.3, -0.25) is 4.79 Å². The van der Waals surface area contributed by atoms with Crippen molar-refractivity contribution in [3.05, 3.63) is 29.8 Å². The minimum atomic E-state index is -0.0185. The maximum Gasteiger partial charge on any atom is 0.260 e. The van der Waals surface area contributed by atoms with Crippen LogP contribution in [-0.2, 0) is 11.2 Å². The van der Waals surface area contributed by atoms with Crippen LogP contribution in [0.5, 0.6) is 5.75 Å². The zero-order valence-electron chi connectivity index (χ0n) is 10.5. The summed E-state index contributed by atoms with van der Waals surface area (Å²) in [6.45, 7) is 3.27. The molecule has 0 spiro atoms. The first-order valence-electron chi connectivity index (χ1n) is 5.83. The van der Waals surface area contributed by atoms with Gasteiger partial charge in [0.15, 0.2) is 6.61 Å². The quantitative estimate of drug-likeness (QED) is 0.803. The smallest absolute Gasteiger partial charge is 0.260 e. The Labute approximate surface area is 102 Å². The maximum absolute atomic E-state index is 11.6. The summed E-state index contributed by atoms with van der Waals surface area (Å²) >= 11 is 0. The minimum Gasteiger partial charge on any atom is -0.483 e. The second-order valence-corrected chi connectivity index (χ2v) is 3.84. The molecule has 0 saturated heterocycles. The number of nitrogens with zero attached hydrogens (tertiary/aromatic N) is 1. The van der Waals surface area contributed by atoms with Gasteiger partial charge in [0, 0.05) is 13.6 Å². The molecule has 0 radical (unpaired) electrons. The highest BCUT2D eigenvalue weighted by Crippen LogP contribution is 2.18. The number of likely N-dealkylation sites (N-methyl/N-ethyl adjacent to an activating group) is 1. The summed E-state index contributed by atoms with van der Waals surface area (Å²) in [4.78, 5) is 13.2. The van der Waals surface area contributed by atoms with Gasteiger partial charge in [0.1, 0.15) is 5.75 Å². The molecule has 1 aromatic carbocycles. The van der Waals surface area contributed by atoms with Crippen LogP contribution in [0.2, 0.25) is 0 Å². The van der Waals surface area contributed by atoms with Crippen molar-refractivity contribution < 1.29 is 9.53 Å². The molecule has 0 fully saturated rings. The highest BCUT2D eigenvalue weighted by Gasteiger charge is 2.09. The molecule has 0 aliphatic carbocycles. The number of hydrogen-bond acceptors (Lipinski definition) is 3. The number of carbonyl (C=O) groups excluding carboxylic acids is 1. The van der Waals surface area contributed by atoms with Gasteiger partial charge in [0.2, 0.25) is 0 Å². The average molecular weight is 236 g/mol. The predicted octanol–water partition coefficient (Wildman–Crippen LogP) is 1.04. The van der Waals surface area contributed by atoms with E-state index in [0.29, 0.717) is 13.1 Å². The van der Waals surface area contributed by atoms with Crippen LogP contribution in [0.3, 0.4) is 0 Å². The van der Waals surface area contributed by atoms with E-state index in [-0.39, 0.29) is 12.5 Å². The molecule has 1 rings (SSSR count). The fraction of sp³-hybridized carbons (Fsp3) is 0.462. The largest absolute Gasteiger partial charge is 0.483 e. The number of nitrogens with two attached hydrogens (primary N) is 1. The lowest BCUT2D eigenvalue weighted by atomic mass is 10.1. The molecular formula is C13H20N2O2. The Morgan fingerprint density at radius 1 is 1.41 bits per heavy atom. The first-order chi connectivity index (χ1) is 8.19. The van der Waals surface area contributed by atoms with E-state index in [1.807, 2.05) is 31.2 Å². The van der Waals surface area contributed by atoms with Crippen molar-refractivity contribution >= 4 is 5.91 Å². The molecule has 0 saturated carbocycles. The lowest BCUT2D eigenvalue weighted by Crippen LogP contribution is -2.31. The predicted molar refractivity (Wildman–Crippen MR) is 68.0 cm³/mol. The second-order valence-electron chi connectivity index (χ2n) is 3.84. The van der Waals surface area contributed by atoms with Gasteiger partial charge in [-0.05, 0) is 31.5 Å². The number of ether oxygens (including phenoxy) is 1. The molecule has 0 unspecified atom stereocenters. The molecular weight excluding hydrogens is 216 g/mol. The molecule has 17 heavy (non-hydrogen) atoms. The number of rotatable bonds is 6. The van der Waals surface area contributed by atoms with E-state index < -0.39 is 0 Å². The summed E-state index contributed by atoms with van der Waals surface area (Å²) in [5, 5.41) is 0. The summed E-state index contributed by atoms with van der Waals surface area (Å²) < 4.78 is 5.53. The van der Waals surface area contributed by atoms with Crippen molar-refractivity contribution in [3.63, 3.8) is 0 Å². The topological polar surface area (TPSA) is 55.6 Å². The first-order valence-corrected chi connectivity index (χ1v) is 5.83. The molecule has 2 N–H and O–H groups in total. The molecule has 0 bridgehead atoms. The van der Waals surface area contributed by atoms with Crippen LogP contribution < -0.4 is 10.5 Å². The van der Waals surface area contributed by atoms with Crippen LogP contribution in [0.15, 0.2) is 24.3 Å². The van der Waals surface area contributed by atoms with Crippen molar-refractivity contribution in [3.8, 4) is 5.75 Å². The Kier molecular flexibility index (Phi) is 5.49. The van der Waals surface area contributed by atoms with E-state index in [0.717, 1.165) is 17.7 Å². The summed E-state index contributed by atoms with van der Waals surface area (Å²) in [6, 6.07) is 7.67. The standard InChI is InChI=1S/C13H20N2O2/c1-3-15(2)13(16)10-17-12-7-5-4-6-11(12)8-9-14/h4-7H,3,8-10,14H2,1-2H3. The van der Waals surface area contributed by atoms with Crippen molar-refractivity contribution in [2.45, 2.75) is 13.3 Å². The van der Waals surface area contributed by atoms with Crippen LogP contribution in [0.1, 0.15) is 12.5 Å². The Balaban J connectivity index is 2.59. The van der Waals surface area contributed by atoms with E-state index >= 15 is 0 Å². The molecule has 0 heterocycles. The lowest BCUT2D eigenvalue weighted by molar-refractivity contribution is -0.131. The Morgan fingerprint density at radius 3 is 2.76 bits per heavy atom. The third-order valence-electron chi connectivity index (χ3n) is 2.64. The number of carbonyl (C=O) groups is 1. The molecule has 4 heteroatoms. The number of benzene rings is 1. The lowest BCUT2D eigenvalue weighted by Gasteiger charge is -2.16. The van der Waals surface area contributed by atoms with Crippen molar-refractivity contribution in [1.29, 1.82) is 0 Å². The molecule has 0 atom stereocenters. The molecule has 1 amide bonds. The first kappa shape index (κ1) is 13.5. The van der Waals surface area contributed by atoms with Crippen molar-refractivity contribution in [2.75, 3.05) is 26.7 Å². The van der Waals surface area contributed by atoms with Gasteiger partial charge < -0.3 is 15.4 Å².